The molecule has 2 N–H and O–H groups in total. The Morgan fingerprint density at radius 3 is 2.14 bits per heavy atom. The molecule has 1 unspecified atom stereocenters. The van der Waals surface area contributed by atoms with Gasteiger partial charge in [0, 0.05) is 18.3 Å². The molecule has 6 heteroatoms. The number of nitrogens with zero attached hydrogens (tertiary/aromatic N) is 1. The molecule has 0 spiro atoms. The van der Waals surface area contributed by atoms with Gasteiger partial charge in [0.1, 0.15) is 6.04 Å². The van der Waals surface area contributed by atoms with Crippen LogP contribution in [-0.4, -0.2) is 42.3 Å². The summed E-state index contributed by atoms with van der Waals surface area (Å²) in [6, 6.07) is 11.9. The summed E-state index contributed by atoms with van der Waals surface area (Å²) in [4.78, 5) is 38.4. The van der Waals surface area contributed by atoms with E-state index in [0.29, 0.717) is 5.56 Å². The highest BCUT2D eigenvalue weighted by atomic mass is 16.2. The van der Waals surface area contributed by atoms with Crippen LogP contribution in [0.1, 0.15) is 34.0 Å². The highest BCUT2D eigenvalue weighted by Gasteiger charge is 2.22. The SMILES string of the molecule is Cc1cc(C)c(NC(=O)CN(C)C(=O)C(C)NC(=O)c2ccccc2)c(C)c1. The number of amides is 3. The van der Waals surface area contributed by atoms with Crippen molar-refractivity contribution in [2.75, 3.05) is 18.9 Å². The number of carbonyl (C=O) groups excluding carboxylic acids is 3. The molecule has 1 atom stereocenters. The molecule has 0 aromatic heterocycles. The zero-order valence-corrected chi connectivity index (χ0v) is 17.0. The van der Waals surface area contributed by atoms with Crippen molar-refractivity contribution >= 4 is 23.4 Å². The van der Waals surface area contributed by atoms with Gasteiger partial charge >= 0.3 is 0 Å². The Morgan fingerprint density at radius 1 is 1.00 bits per heavy atom. The van der Waals surface area contributed by atoms with E-state index < -0.39 is 6.04 Å². The van der Waals surface area contributed by atoms with Crippen LogP contribution in [-0.2, 0) is 9.59 Å². The molecule has 6 nitrogen and oxygen atoms in total. The van der Waals surface area contributed by atoms with Crippen molar-refractivity contribution in [1.29, 1.82) is 0 Å². The number of likely N-dealkylation sites (N-methyl/N-ethyl adjacent to an activating group) is 1. The first kappa shape index (κ1) is 21.2. The summed E-state index contributed by atoms with van der Waals surface area (Å²) in [6.07, 6.45) is 0. The normalized spacial score (nSPS) is 11.5. The second-order valence-electron chi connectivity index (χ2n) is 7.08. The molecule has 2 aromatic carbocycles. The molecular weight excluding hydrogens is 354 g/mol. The van der Waals surface area contributed by atoms with Crippen molar-refractivity contribution in [3.05, 3.63) is 64.7 Å². The van der Waals surface area contributed by atoms with Gasteiger partial charge in [0.2, 0.25) is 11.8 Å². The van der Waals surface area contributed by atoms with Crippen LogP contribution in [0.5, 0.6) is 0 Å². The standard InChI is InChI=1S/C22H27N3O3/c1-14-11-15(2)20(16(3)12-14)24-19(26)13-25(5)22(28)17(4)23-21(27)18-9-7-6-8-10-18/h6-12,17H,13H2,1-5H3,(H,23,27)(H,24,26). The molecule has 3 amide bonds. The van der Waals surface area contributed by atoms with Crippen LogP contribution in [0, 0.1) is 20.8 Å². The van der Waals surface area contributed by atoms with Gasteiger partial charge in [-0.25, -0.2) is 0 Å². The third-order valence-corrected chi connectivity index (χ3v) is 4.45. The fourth-order valence-electron chi connectivity index (χ4n) is 3.11. The Labute approximate surface area is 165 Å². The van der Waals surface area contributed by atoms with E-state index in [1.165, 1.54) is 4.90 Å². The Kier molecular flexibility index (Phi) is 6.93. The van der Waals surface area contributed by atoms with Crippen molar-refractivity contribution in [2.24, 2.45) is 0 Å². The van der Waals surface area contributed by atoms with Crippen LogP contribution in [0.2, 0.25) is 0 Å². The second-order valence-corrected chi connectivity index (χ2v) is 7.08. The predicted octanol–water partition coefficient (Wildman–Crippen LogP) is 2.83. The van der Waals surface area contributed by atoms with Crippen molar-refractivity contribution in [2.45, 2.75) is 33.7 Å². The molecule has 148 valence electrons. The Hall–Kier alpha value is -3.15. The highest BCUT2D eigenvalue weighted by Crippen LogP contribution is 2.21. The van der Waals surface area contributed by atoms with Gasteiger partial charge in [-0.1, -0.05) is 35.9 Å². The molecule has 0 fully saturated rings. The zero-order valence-electron chi connectivity index (χ0n) is 17.0. The highest BCUT2D eigenvalue weighted by molar-refractivity contribution is 5.99. The average Bonchev–Trinajstić information content (AvgIpc) is 2.64. The molecule has 0 aliphatic rings. The summed E-state index contributed by atoms with van der Waals surface area (Å²) in [7, 11) is 1.54. The minimum atomic E-state index is -0.742. The summed E-state index contributed by atoms with van der Waals surface area (Å²) in [5.41, 5.74) is 4.32. The van der Waals surface area contributed by atoms with Crippen molar-refractivity contribution in [3.63, 3.8) is 0 Å². The molecular formula is C22H27N3O3. The number of aryl methyl sites for hydroxylation is 3. The molecule has 0 saturated heterocycles. The van der Waals surface area contributed by atoms with Crippen molar-refractivity contribution < 1.29 is 14.4 Å². The average molecular weight is 381 g/mol. The predicted molar refractivity (Wildman–Crippen MR) is 110 cm³/mol. The smallest absolute Gasteiger partial charge is 0.251 e. The third-order valence-electron chi connectivity index (χ3n) is 4.45. The monoisotopic (exact) mass is 381 g/mol. The maximum atomic E-state index is 12.5. The number of rotatable bonds is 6. The van der Waals surface area contributed by atoms with Gasteiger partial charge in [-0.3, -0.25) is 14.4 Å². The van der Waals surface area contributed by atoms with E-state index in [2.05, 4.69) is 10.6 Å². The van der Waals surface area contributed by atoms with Gasteiger partial charge in [-0.15, -0.1) is 0 Å². The molecule has 0 saturated carbocycles. The molecule has 0 heterocycles. The molecule has 0 radical (unpaired) electrons. The fraction of sp³-hybridized carbons (Fsp3) is 0.318. The first-order valence-electron chi connectivity index (χ1n) is 9.17. The van der Waals surface area contributed by atoms with E-state index in [1.54, 1.807) is 38.2 Å². The van der Waals surface area contributed by atoms with Gasteiger partial charge in [0.15, 0.2) is 0 Å². The first-order chi connectivity index (χ1) is 13.2. The summed E-state index contributed by atoms with van der Waals surface area (Å²) in [5, 5.41) is 5.54. The lowest BCUT2D eigenvalue weighted by Crippen LogP contribution is -2.47. The van der Waals surface area contributed by atoms with Crippen LogP contribution in [0.25, 0.3) is 0 Å². The minimum Gasteiger partial charge on any atom is -0.341 e. The lowest BCUT2D eigenvalue weighted by molar-refractivity contribution is -0.134. The van der Waals surface area contributed by atoms with Gasteiger partial charge in [0.05, 0.1) is 6.54 Å². The summed E-state index contributed by atoms with van der Waals surface area (Å²) in [6.45, 7) is 7.38. The topological polar surface area (TPSA) is 78.5 Å². The molecule has 2 aromatic rings. The van der Waals surface area contributed by atoms with E-state index in [4.69, 9.17) is 0 Å². The molecule has 28 heavy (non-hydrogen) atoms. The van der Waals surface area contributed by atoms with Crippen LogP contribution in [0.3, 0.4) is 0 Å². The maximum Gasteiger partial charge on any atom is 0.251 e. The van der Waals surface area contributed by atoms with Crippen molar-refractivity contribution in [1.82, 2.24) is 10.2 Å². The largest absolute Gasteiger partial charge is 0.341 e. The summed E-state index contributed by atoms with van der Waals surface area (Å²) < 4.78 is 0. The number of hydrogen-bond donors (Lipinski definition) is 2. The zero-order chi connectivity index (χ0) is 20.8. The van der Waals surface area contributed by atoms with Crippen LogP contribution >= 0.6 is 0 Å². The molecule has 2 rings (SSSR count). The number of nitrogens with one attached hydrogen (secondary N) is 2. The quantitative estimate of drug-likeness (QED) is 0.808. The van der Waals surface area contributed by atoms with Crippen LogP contribution in [0.15, 0.2) is 42.5 Å². The lowest BCUT2D eigenvalue weighted by Gasteiger charge is -2.22. The number of benzene rings is 2. The van der Waals surface area contributed by atoms with Gasteiger partial charge < -0.3 is 15.5 Å². The molecule has 0 aliphatic heterocycles. The van der Waals surface area contributed by atoms with Crippen molar-refractivity contribution in [3.8, 4) is 0 Å². The maximum absolute atomic E-state index is 12.5. The Bertz CT molecular complexity index is 855. The van der Waals surface area contributed by atoms with E-state index in [9.17, 15) is 14.4 Å². The second kappa shape index (κ2) is 9.17. The molecule has 0 aliphatic carbocycles. The summed E-state index contributed by atoms with van der Waals surface area (Å²) >= 11 is 0. The molecule has 0 bridgehead atoms. The van der Waals surface area contributed by atoms with E-state index in [0.717, 1.165) is 22.4 Å². The lowest BCUT2D eigenvalue weighted by atomic mass is 10.1. The van der Waals surface area contributed by atoms with Gasteiger partial charge in [0.25, 0.3) is 5.91 Å². The third kappa shape index (κ3) is 5.42. The van der Waals surface area contributed by atoms with Crippen LogP contribution in [0.4, 0.5) is 5.69 Å². The fourth-order valence-corrected chi connectivity index (χ4v) is 3.11. The van der Waals surface area contributed by atoms with Gasteiger partial charge in [-0.05, 0) is 51.0 Å². The first-order valence-corrected chi connectivity index (χ1v) is 9.17. The number of hydrogen-bond acceptors (Lipinski definition) is 3. The van der Waals surface area contributed by atoms with E-state index in [-0.39, 0.29) is 24.3 Å². The Balaban J connectivity index is 1.94. The van der Waals surface area contributed by atoms with Crippen LogP contribution < -0.4 is 10.6 Å². The summed E-state index contributed by atoms with van der Waals surface area (Å²) in [5.74, 6) is -0.950. The minimum absolute atomic E-state index is 0.100. The van der Waals surface area contributed by atoms with Gasteiger partial charge in [-0.2, -0.15) is 0 Å². The number of carbonyl (C=O) groups is 3. The van der Waals surface area contributed by atoms with E-state index >= 15 is 0 Å². The Morgan fingerprint density at radius 2 is 1.57 bits per heavy atom. The number of anilines is 1. The van der Waals surface area contributed by atoms with E-state index in [1.807, 2.05) is 39.0 Å².